The maximum Gasteiger partial charge on any atom is 0.401 e. The second-order valence-corrected chi connectivity index (χ2v) is 5.59. The van der Waals surface area contributed by atoms with Crippen molar-refractivity contribution in [2.75, 3.05) is 27.4 Å². The molecule has 1 aromatic rings. The Morgan fingerprint density at radius 3 is 1.85 bits per heavy atom. The molecule has 7 heteroatoms. The molecule has 0 unspecified atom stereocenters. The number of benzene rings is 1. The minimum atomic E-state index is -3.91. The van der Waals surface area contributed by atoms with Gasteiger partial charge in [0.2, 0.25) is 0 Å². The van der Waals surface area contributed by atoms with Crippen molar-refractivity contribution in [3.8, 4) is 11.5 Å². The summed E-state index contributed by atoms with van der Waals surface area (Å²) in [7, 11) is -1.08. The summed E-state index contributed by atoms with van der Waals surface area (Å²) in [6.07, 6.45) is 0. The molecule has 0 saturated heterocycles. The number of hydrogen-bond donors (Lipinski definition) is 0. The van der Waals surface area contributed by atoms with Gasteiger partial charge in [0.05, 0.1) is 27.4 Å². The van der Waals surface area contributed by atoms with Crippen LogP contribution in [0.5, 0.6) is 11.5 Å². The van der Waals surface area contributed by atoms with Gasteiger partial charge in [0.25, 0.3) is 5.52 Å². The van der Waals surface area contributed by atoms with Crippen molar-refractivity contribution < 1.29 is 27.9 Å². The maximum atomic E-state index is 12.5. The van der Waals surface area contributed by atoms with E-state index in [9.17, 15) is 9.36 Å². The van der Waals surface area contributed by atoms with E-state index in [0.717, 1.165) is 0 Å². The van der Waals surface area contributed by atoms with Crippen LogP contribution in [0.3, 0.4) is 0 Å². The summed E-state index contributed by atoms with van der Waals surface area (Å²) >= 11 is 0. The van der Waals surface area contributed by atoms with Gasteiger partial charge in [-0.1, -0.05) is 6.07 Å². The Bertz CT molecular complexity index is 481. The van der Waals surface area contributed by atoms with Crippen LogP contribution in [0, 0.1) is 0 Å². The van der Waals surface area contributed by atoms with Gasteiger partial charge in [-0.3, -0.25) is 9.36 Å². The Balaban J connectivity index is 3.34. The molecule has 112 valence electrons. The summed E-state index contributed by atoms with van der Waals surface area (Å²) in [5, 5.41) is 0. The fourth-order valence-electron chi connectivity index (χ4n) is 1.69. The van der Waals surface area contributed by atoms with E-state index >= 15 is 0 Å². The summed E-state index contributed by atoms with van der Waals surface area (Å²) < 4.78 is 32.9. The van der Waals surface area contributed by atoms with Gasteiger partial charge in [0.15, 0.2) is 0 Å². The van der Waals surface area contributed by atoms with E-state index < -0.39 is 13.1 Å². The summed E-state index contributed by atoms with van der Waals surface area (Å²) in [5.41, 5.74) is -0.710. The third kappa shape index (κ3) is 3.39. The molecule has 0 heterocycles. The highest BCUT2D eigenvalue weighted by atomic mass is 31.2. The van der Waals surface area contributed by atoms with E-state index in [1.807, 2.05) is 0 Å². The topological polar surface area (TPSA) is 71.1 Å². The van der Waals surface area contributed by atoms with Crippen LogP contribution in [0.4, 0.5) is 0 Å². The number of ether oxygens (including phenoxy) is 2. The summed E-state index contributed by atoms with van der Waals surface area (Å²) in [6, 6.07) is 4.83. The molecule has 6 nitrogen and oxygen atoms in total. The van der Waals surface area contributed by atoms with Crippen LogP contribution < -0.4 is 9.47 Å². The number of carbonyl (C=O) groups is 1. The maximum absolute atomic E-state index is 12.5. The lowest BCUT2D eigenvalue weighted by molar-refractivity contribution is 0.0995. The van der Waals surface area contributed by atoms with Gasteiger partial charge in [0, 0.05) is 0 Å². The second kappa shape index (κ2) is 7.43. The predicted octanol–water partition coefficient (Wildman–Crippen LogP) is 3.11. The molecule has 0 aliphatic heterocycles. The number of hydrogen-bond acceptors (Lipinski definition) is 6. The molecular weight excluding hydrogens is 283 g/mol. The van der Waals surface area contributed by atoms with Gasteiger partial charge in [-0.25, -0.2) is 0 Å². The van der Waals surface area contributed by atoms with Crippen molar-refractivity contribution in [1.82, 2.24) is 0 Å². The van der Waals surface area contributed by atoms with E-state index in [0.29, 0.717) is 0 Å². The van der Waals surface area contributed by atoms with Crippen molar-refractivity contribution in [2.45, 2.75) is 13.8 Å². The first-order chi connectivity index (χ1) is 9.53. The zero-order valence-electron chi connectivity index (χ0n) is 12.0. The van der Waals surface area contributed by atoms with Crippen molar-refractivity contribution in [3.63, 3.8) is 0 Å². The fraction of sp³-hybridized carbons (Fsp3) is 0.462. The van der Waals surface area contributed by atoms with Crippen molar-refractivity contribution in [2.24, 2.45) is 0 Å². The lowest BCUT2D eigenvalue weighted by Gasteiger charge is -2.18. The fourth-order valence-corrected chi connectivity index (χ4v) is 3.18. The molecule has 0 aliphatic carbocycles. The van der Waals surface area contributed by atoms with Gasteiger partial charge in [-0.15, -0.1) is 0 Å². The quantitative estimate of drug-likeness (QED) is 0.687. The van der Waals surface area contributed by atoms with Gasteiger partial charge >= 0.3 is 7.60 Å². The van der Waals surface area contributed by atoms with Crippen molar-refractivity contribution >= 4 is 13.1 Å². The lowest BCUT2D eigenvalue weighted by atomic mass is 10.2. The lowest BCUT2D eigenvalue weighted by Crippen LogP contribution is -2.10. The molecule has 0 aliphatic rings. The molecule has 0 amide bonds. The zero-order valence-corrected chi connectivity index (χ0v) is 12.9. The number of rotatable bonds is 8. The molecule has 0 spiro atoms. The van der Waals surface area contributed by atoms with Crippen LogP contribution >= 0.6 is 7.60 Å². The highest BCUT2D eigenvalue weighted by Crippen LogP contribution is 2.53. The first-order valence-corrected chi connectivity index (χ1v) is 7.73. The summed E-state index contributed by atoms with van der Waals surface area (Å²) in [4.78, 5) is 12.5. The van der Waals surface area contributed by atoms with Crippen LogP contribution in [0.2, 0.25) is 0 Å². The van der Waals surface area contributed by atoms with E-state index in [1.54, 1.807) is 32.0 Å². The molecule has 0 aromatic heterocycles. The van der Waals surface area contributed by atoms with Gasteiger partial charge < -0.3 is 18.5 Å². The van der Waals surface area contributed by atoms with Crippen LogP contribution in [-0.2, 0) is 13.6 Å². The number of methoxy groups -OCH3 is 2. The Kier molecular flexibility index (Phi) is 6.20. The smallest absolute Gasteiger partial charge is 0.401 e. The van der Waals surface area contributed by atoms with E-state index in [-0.39, 0.29) is 30.3 Å². The summed E-state index contributed by atoms with van der Waals surface area (Å²) in [5.74, 6) is 0.517. The number of carbonyl (C=O) groups excluding carboxylic acids is 1. The minimum absolute atomic E-state index is 0.0581. The SMILES string of the molecule is CCOP(=O)(OCC)C(=O)c1c(OC)cccc1OC. The molecule has 0 fully saturated rings. The molecule has 0 atom stereocenters. The van der Waals surface area contributed by atoms with E-state index in [1.165, 1.54) is 14.2 Å². The van der Waals surface area contributed by atoms with Crippen LogP contribution in [0.25, 0.3) is 0 Å². The molecule has 1 rings (SSSR count). The van der Waals surface area contributed by atoms with E-state index in [2.05, 4.69) is 0 Å². The Morgan fingerprint density at radius 2 is 1.50 bits per heavy atom. The van der Waals surface area contributed by atoms with Crippen LogP contribution in [0.15, 0.2) is 18.2 Å². The Hall–Kier alpha value is -1.36. The standard InChI is InChI=1S/C13H19O6P/c1-5-18-20(15,19-6-2)13(14)12-10(16-3)8-7-9-11(12)17-4/h7-9H,5-6H2,1-4H3. The molecule has 0 saturated carbocycles. The third-order valence-corrected chi connectivity index (χ3v) is 4.41. The monoisotopic (exact) mass is 302 g/mol. The average Bonchev–Trinajstić information content (AvgIpc) is 2.46. The normalized spacial score (nSPS) is 11.2. The molecule has 1 aromatic carbocycles. The molecule has 0 radical (unpaired) electrons. The largest absolute Gasteiger partial charge is 0.496 e. The summed E-state index contributed by atoms with van der Waals surface area (Å²) in [6.45, 7) is 3.47. The van der Waals surface area contributed by atoms with Crippen LogP contribution in [0.1, 0.15) is 24.2 Å². The second-order valence-electron chi connectivity index (χ2n) is 3.68. The first kappa shape index (κ1) is 16.7. The Labute approximate surface area is 118 Å². The van der Waals surface area contributed by atoms with Gasteiger partial charge in [0.1, 0.15) is 17.1 Å². The van der Waals surface area contributed by atoms with Gasteiger partial charge in [-0.2, -0.15) is 0 Å². The Morgan fingerprint density at radius 1 is 1.05 bits per heavy atom. The third-order valence-electron chi connectivity index (χ3n) is 2.49. The highest BCUT2D eigenvalue weighted by molar-refractivity contribution is 7.72. The zero-order chi connectivity index (χ0) is 15.2. The van der Waals surface area contributed by atoms with Gasteiger partial charge in [-0.05, 0) is 26.0 Å². The predicted molar refractivity (Wildman–Crippen MR) is 74.7 cm³/mol. The van der Waals surface area contributed by atoms with Crippen molar-refractivity contribution in [3.05, 3.63) is 23.8 Å². The first-order valence-electron chi connectivity index (χ1n) is 6.19. The molecule has 20 heavy (non-hydrogen) atoms. The highest BCUT2D eigenvalue weighted by Gasteiger charge is 2.38. The minimum Gasteiger partial charge on any atom is -0.496 e. The average molecular weight is 302 g/mol. The molecular formula is C13H19O6P. The molecule has 0 bridgehead atoms. The van der Waals surface area contributed by atoms with E-state index in [4.69, 9.17) is 18.5 Å². The van der Waals surface area contributed by atoms with Crippen LogP contribution in [-0.4, -0.2) is 33.0 Å². The van der Waals surface area contributed by atoms with Crippen molar-refractivity contribution in [1.29, 1.82) is 0 Å². The molecule has 0 N–H and O–H groups in total.